The Morgan fingerprint density at radius 2 is 2.40 bits per heavy atom. The molecule has 1 rings (SSSR count). The van der Waals surface area contributed by atoms with Crippen molar-refractivity contribution in [2.75, 3.05) is 26.4 Å². The highest BCUT2D eigenvalue weighted by Crippen LogP contribution is 2.30. The number of hydrogen-bond acceptors (Lipinski definition) is 3. The number of nitrogens with two attached hydrogens (primary N) is 1. The molecule has 1 saturated heterocycles. The van der Waals surface area contributed by atoms with Crippen molar-refractivity contribution in [3.8, 4) is 0 Å². The second-order valence-electron chi connectivity index (χ2n) is 2.98. The van der Waals surface area contributed by atoms with Gasteiger partial charge in [-0.3, -0.25) is 0 Å². The molecule has 0 aromatic carbocycles. The lowest BCUT2D eigenvalue weighted by Gasteiger charge is -2.23. The zero-order chi connectivity index (χ0) is 7.45. The van der Waals surface area contributed by atoms with E-state index in [2.05, 4.69) is 0 Å². The van der Waals surface area contributed by atoms with Crippen LogP contribution in [0.1, 0.15) is 12.8 Å². The van der Waals surface area contributed by atoms with Crippen molar-refractivity contribution in [2.45, 2.75) is 12.8 Å². The van der Waals surface area contributed by atoms with E-state index in [0.29, 0.717) is 6.54 Å². The second kappa shape index (κ2) is 3.32. The van der Waals surface area contributed by atoms with Crippen molar-refractivity contribution in [3.63, 3.8) is 0 Å². The number of ether oxygens (including phenoxy) is 1. The maximum Gasteiger partial charge on any atom is 0.0536 e. The lowest BCUT2D eigenvalue weighted by Crippen LogP contribution is -2.31. The summed E-state index contributed by atoms with van der Waals surface area (Å²) in [6.45, 7) is 2.38. The molecule has 0 radical (unpaired) electrons. The van der Waals surface area contributed by atoms with Crippen LogP contribution in [0.25, 0.3) is 0 Å². The Morgan fingerprint density at radius 3 is 2.80 bits per heavy atom. The van der Waals surface area contributed by atoms with Gasteiger partial charge >= 0.3 is 0 Å². The van der Waals surface area contributed by atoms with Gasteiger partial charge in [-0.2, -0.15) is 0 Å². The Morgan fingerprint density at radius 1 is 1.60 bits per heavy atom. The molecule has 1 aliphatic rings. The van der Waals surface area contributed by atoms with E-state index in [0.717, 1.165) is 26.1 Å². The fourth-order valence-corrected chi connectivity index (χ4v) is 1.35. The molecule has 60 valence electrons. The number of aliphatic hydroxyl groups excluding tert-OH is 1. The summed E-state index contributed by atoms with van der Waals surface area (Å²) in [5, 5.41) is 8.71. The minimum absolute atomic E-state index is 0.0920. The van der Waals surface area contributed by atoms with E-state index in [1.54, 1.807) is 0 Å². The van der Waals surface area contributed by atoms with E-state index in [9.17, 15) is 0 Å². The molecule has 0 bridgehead atoms. The first kappa shape index (κ1) is 7.98. The summed E-state index contributed by atoms with van der Waals surface area (Å²) >= 11 is 0. The minimum Gasteiger partial charge on any atom is -0.396 e. The summed E-state index contributed by atoms with van der Waals surface area (Å²) in [7, 11) is 0. The average molecular weight is 145 g/mol. The molecule has 1 atom stereocenters. The van der Waals surface area contributed by atoms with E-state index in [1.165, 1.54) is 0 Å². The van der Waals surface area contributed by atoms with Crippen LogP contribution >= 0.6 is 0 Å². The van der Waals surface area contributed by atoms with E-state index >= 15 is 0 Å². The quantitative estimate of drug-likeness (QED) is 0.575. The highest BCUT2D eigenvalue weighted by molar-refractivity contribution is 4.83. The SMILES string of the molecule is NCC1(CCO)CCOC1. The molecule has 10 heavy (non-hydrogen) atoms. The fourth-order valence-electron chi connectivity index (χ4n) is 1.35. The largest absolute Gasteiger partial charge is 0.396 e. The first-order valence-corrected chi connectivity index (χ1v) is 3.72. The van der Waals surface area contributed by atoms with Crippen LogP contribution in [0.15, 0.2) is 0 Å². The van der Waals surface area contributed by atoms with Gasteiger partial charge in [-0.15, -0.1) is 0 Å². The van der Waals surface area contributed by atoms with Gasteiger partial charge < -0.3 is 15.6 Å². The van der Waals surface area contributed by atoms with Gasteiger partial charge in [-0.1, -0.05) is 0 Å². The Bertz CT molecular complexity index is 99.8. The van der Waals surface area contributed by atoms with Gasteiger partial charge in [0.2, 0.25) is 0 Å². The van der Waals surface area contributed by atoms with Crippen molar-refractivity contribution in [3.05, 3.63) is 0 Å². The third-order valence-corrected chi connectivity index (χ3v) is 2.26. The van der Waals surface area contributed by atoms with Crippen molar-refractivity contribution in [2.24, 2.45) is 11.1 Å². The molecule has 1 heterocycles. The van der Waals surface area contributed by atoms with Gasteiger partial charge in [-0.05, 0) is 12.8 Å². The van der Waals surface area contributed by atoms with Gasteiger partial charge in [-0.25, -0.2) is 0 Å². The lowest BCUT2D eigenvalue weighted by atomic mass is 9.84. The predicted molar refractivity (Wildman–Crippen MR) is 38.6 cm³/mol. The molecule has 1 unspecified atom stereocenters. The maximum atomic E-state index is 8.71. The van der Waals surface area contributed by atoms with Crippen molar-refractivity contribution < 1.29 is 9.84 Å². The fraction of sp³-hybridized carbons (Fsp3) is 1.00. The number of hydrogen-bond donors (Lipinski definition) is 2. The summed E-state index contributed by atoms with van der Waals surface area (Å²) in [5.41, 5.74) is 5.66. The normalized spacial score (nSPS) is 33.0. The van der Waals surface area contributed by atoms with E-state index in [1.807, 2.05) is 0 Å². The van der Waals surface area contributed by atoms with Crippen molar-refractivity contribution >= 4 is 0 Å². The third-order valence-electron chi connectivity index (χ3n) is 2.26. The summed E-state index contributed by atoms with van der Waals surface area (Å²) in [4.78, 5) is 0. The molecule has 3 heteroatoms. The zero-order valence-corrected chi connectivity index (χ0v) is 6.18. The molecule has 0 aliphatic carbocycles. The summed E-state index contributed by atoms with van der Waals surface area (Å²) < 4.78 is 5.21. The van der Waals surface area contributed by atoms with Crippen LogP contribution in [0.4, 0.5) is 0 Å². The Balaban J connectivity index is 2.41. The van der Waals surface area contributed by atoms with Crippen LogP contribution in [0.5, 0.6) is 0 Å². The van der Waals surface area contributed by atoms with Crippen LogP contribution in [-0.4, -0.2) is 31.5 Å². The zero-order valence-electron chi connectivity index (χ0n) is 6.18. The number of rotatable bonds is 3. The summed E-state index contributed by atoms with van der Waals surface area (Å²) in [5.74, 6) is 0. The molecule has 1 fully saturated rings. The van der Waals surface area contributed by atoms with Gasteiger partial charge in [0.1, 0.15) is 0 Å². The van der Waals surface area contributed by atoms with Crippen LogP contribution in [0.2, 0.25) is 0 Å². The van der Waals surface area contributed by atoms with Gasteiger partial charge in [0.15, 0.2) is 0 Å². The van der Waals surface area contributed by atoms with Gasteiger partial charge in [0.05, 0.1) is 6.61 Å². The standard InChI is InChI=1S/C7H15NO2/c8-5-7(1-3-9)2-4-10-6-7/h9H,1-6,8H2. The second-order valence-corrected chi connectivity index (χ2v) is 2.98. The molecule has 0 spiro atoms. The van der Waals surface area contributed by atoms with Crippen molar-refractivity contribution in [1.82, 2.24) is 0 Å². The Hall–Kier alpha value is -0.120. The smallest absolute Gasteiger partial charge is 0.0536 e. The topological polar surface area (TPSA) is 55.5 Å². The van der Waals surface area contributed by atoms with Gasteiger partial charge in [0.25, 0.3) is 0 Å². The molecule has 1 aliphatic heterocycles. The minimum atomic E-state index is 0.0920. The molecule has 0 aromatic rings. The highest BCUT2D eigenvalue weighted by atomic mass is 16.5. The molecule has 3 nitrogen and oxygen atoms in total. The van der Waals surface area contributed by atoms with Crippen LogP contribution < -0.4 is 5.73 Å². The number of aliphatic hydroxyl groups is 1. The third kappa shape index (κ3) is 1.48. The highest BCUT2D eigenvalue weighted by Gasteiger charge is 2.32. The monoisotopic (exact) mass is 145 g/mol. The summed E-state index contributed by atoms with van der Waals surface area (Å²) in [6.07, 6.45) is 1.79. The van der Waals surface area contributed by atoms with E-state index in [4.69, 9.17) is 15.6 Å². The van der Waals surface area contributed by atoms with E-state index < -0.39 is 0 Å². The molecular weight excluding hydrogens is 130 g/mol. The maximum absolute atomic E-state index is 8.71. The van der Waals surface area contributed by atoms with Gasteiger partial charge in [0, 0.05) is 25.2 Å². The first-order chi connectivity index (χ1) is 4.83. The predicted octanol–water partition coefficient (Wildman–Crippen LogP) is -0.266. The van der Waals surface area contributed by atoms with Crippen molar-refractivity contribution in [1.29, 1.82) is 0 Å². The molecule has 3 N–H and O–H groups in total. The molecular formula is C7H15NO2. The van der Waals surface area contributed by atoms with E-state index in [-0.39, 0.29) is 12.0 Å². The lowest BCUT2D eigenvalue weighted by molar-refractivity contribution is 0.131. The Labute approximate surface area is 61.2 Å². The molecule has 0 aromatic heterocycles. The summed E-state index contributed by atoms with van der Waals surface area (Å²) in [6, 6.07) is 0. The average Bonchev–Trinajstić information content (AvgIpc) is 2.39. The molecule has 0 amide bonds. The van der Waals surface area contributed by atoms with Crippen LogP contribution in [0.3, 0.4) is 0 Å². The van der Waals surface area contributed by atoms with Crippen LogP contribution in [-0.2, 0) is 4.74 Å². The first-order valence-electron chi connectivity index (χ1n) is 3.72. The molecule has 0 saturated carbocycles. The Kier molecular flexibility index (Phi) is 2.65. The van der Waals surface area contributed by atoms with Crippen LogP contribution in [0, 0.1) is 5.41 Å².